The minimum absolute atomic E-state index is 0.128. The van der Waals surface area contributed by atoms with E-state index in [1.54, 1.807) is 0 Å². The summed E-state index contributed by atoms with van der Waals surface area (Å²) in [6.45, 7) is 6.53. The topological polar surface area (TPSA) is 50.7 Å². The predicted molar refractivity (Wildman–Crippen MR) is 73.8 cm³/mol. The van der Waals surface area contributed by atoms with E-state index < -0.39 is 11.9 Å². The zero-order chi connectivity index (χ0) is 13.9. The average molecular weight is 265 g/mol. The van der Waals surface area contributed by atoms with E-state index >= 15 is 0 Å². The van der Waals surface area contributed by atoms with Crippen molar-refractivity contribution in [3.05, 3.63) is 35.9 Å². The third kappa shape index (κ3) is 4.01. The van der Waals surface area contributed by atoms with Crippen LogP contribution in [0.3, 0.4) is 0 Å². The molecule has 2 rings (SSSR count). The fourth-order valence-corrected chi connectivity index (χ4v) is 2.16. The Balaban J connectivity index is 1.98. The van der Waals surface area contributed by atoms with Crippen LogP contribution in [0.15, 0.2) is 30.3 Å². The van der Waals surface area contributed by atoms with Crippen molar-refractivity contribution in [1.82, 2.24) is 5.32 Å². The highest BCUT2D eigenvalue weighted by Gasteiger charge is 2.31. The normalized spacial score (nSPS) is 28.6. The Morgan fingerprint density at radius 3 is 2.53 bits per heavy atom. The van der Waals surface area contributed by atoms with Crippen LogP contribution < -0.4 is 5.32 Å². The van der Waals surface area contributed by atoms with Crippen LogP contribution in [0.4, 0.5) is 0 Å². The number of aliphatic hydroxyl groups is 1. The molecule has 1 aromatic carbocycles. The van der Waals surface area contributed by atoms with Gasteiger partial charge in [0.15, 0.2) is 5.79 Å². The van der Waals surface area contributed by atoms with E-state index in [4.69, 9.17) is 9.47 Å². The molecule has 0 unspecified atom stereocenters. The number of ether oxygens (including phenoxy) is 2. The molecular weight excluding hydrogens is 242 g/mol. The largest absolute Gasteiger partial charge is 0.389 e. The van der Waals surface area contributed by atoms with Gasteiger partial charge in [0.1, 0.15) is 0 Å². The third-order valence-electron chi connectivity index (χ3n) is 3.44. The highest BCUT2D eigenvalue weighted by molar-refractivity contribution is 5.18. The Morgan fingerprint density at radius 1 is 1.21 bits per heavy atom. The molecule has 0 amide bonds. The van der Waals surface area contributed by atoms with E-state index in [1.165, 1.54) is 5.56 Å². The first-order chi connectivity index (χ1) is 8.98. The second kappa shape index (κ2) is 6.01. The van der Waals surface area contributed by atoms with Crippen LogP contribution in [0.2, 0.25) is 0 Å². The maximum Gasteiger partial charge on any atom is 0.162 e. The van der Waals surface area contributed by atoms with Gasteiger partial charge in [0.25, 0.3) is 0 Å². The first-order valence-electron chi connectivity index (χ1n) is 6.75. The summed E-state index contributed by atoms with van der Waals surface area (Å²) in [4.78, 5) is 0. The highest BCUT2D eigenvalue weighted by atomic mass is 16.7. The first kappa shape index (κ1) is 14.5. The van der Waals surface area contributed by atoms with Gasteiger partial charge < -0.3 is 19.9 Å². The lowest BCUT2D eigenvalue weighted by molar-refractivity contribution is -0.203. The monoisotopic (exact) mass is 265 g/mol. The van der Waals surface area contributed by atoms with Gasteiger partial charge in [-0.15, -0.1) is 0 Å². The van der Waals surface area contributed by atoms with Gasteiger partial charge in [0.05, 0.1) is 25.4 Å². The molecular formula is C15H23NO3. The summed E-state index contributed by atoms with van der Waals surface area (Å²) in [5.74, 6) is -0.632. The van der Waals surface area contributed by atoms with Gasteiger partial charge in [-0.3, -0.25) is 0 Å². The minimum Gasteiger partial charge on any atom is -0.389 e. The number of aliphatic hydroxyl groups excluding tert-OH is 1. The van der Waals surface area contributed by atoms with Crippen LogP contribution in [0, 0.1) is 0 Å². The van der Waals surface area contributed by atoms with Crippen molar-refractivity contribution in [3.8, 4) is 0 Å². The van der Waals surface area contributed by atoms with Crippen molar-refractivity contribution in [2.24, 2.45) is 0 Å². The summed E-state index contributed by atoms with van der Waals surface area (Å²) in [5.41, 5.74) is 1.19. The molecule has 0 radical (unpaired) electrons. The van der Waals surface area contributed by atoms with Crippen LogP contribution in [-0.4, -0.2) is 36.3 Å². The molecule has 2 N–H and O–H groups in total. The molecule has 4 nitrogen and oxygen atoms in total. The van der Waals surface area contributed by atoms with Gasteiger partial charge in [-0.2, -0.15) is 0 Å². The molecule has 0 bridgehead atoms. The lowest BCUT2D eigenvalue weighted by Gasteiger charge is -2.25. The summed E-state index contributed by atoms with van der Waals surface area (Å²) in [7, 11) is 0. The lowest BCUT2D eigenvalue weighted by atomic mass is 10.1. The summed E-state index contributed by atoms with van der Waals surface area (Å²) in [6.07, 6.45) is -0.562. The number of benzene rings is 1. The second-order valence-electron chi connectivity index (χ2n) is 5.49. The van der Waals surface area contributed by atoms with Crippen molar-refractivity contribution in [2.75, 3.05) is 13.2 Å². The molecule has 106 valence electrons. The SMILES string of the molecule is C[C@H](N[C@@H]1COC(C)(C)OC[C@H]1O)c1ccccc1. The molecule has 1 heterocycles. The molecule has 1 fully saturated rings. The number of hydrogen-bond acceptors (Lipinski definition) is 4. The van der Waals surface area contributed by atoms with E-state index in [0.717, 1.165) is 0 Å². The van der Waals surface area contributed by atoms with Crippen LogP contribution >= 0.6 is 0 Å². The molecule has 4 heteroatoms. The fourth-order valence-electron chi connectivity index (χ4n) is 2.16. The zero-order valence-corrected chi connectivity index (χ0v) is 11.8. The summed E-state index contributed by atoms with van der Waals surface area (Å²) in [5, 5.41) is 13.5. The van der Waals surface area contributed by atoms with Crippen molar-refractivity contribution < 1.29 is 14.6 Å². The standard InChI is InChI=1S/C15H23NO3/c1-11(12-7-5-4-6-8-12)16-13-9-18-15(2,3)19-10-14(13)17/h4-8,11,13-14,16-17H,9-10H2,1-3H3/t11-,13+,14+/m0/s1. The summed E-state index contributed by atoms with van der Waals surface area (Å²) >= 11 is 0. The Kier molecular flexibility index (Phi) is 4.58. The Hall–Kier alpha value is -0.940. The van der Waals surface area contributed by atoms with E-state index in [9.17, 15) is 5.11 Å². The molecule has 19 heavy (non-hydrogen) atoms. The van der Waals surface area contributed by atoms with Gasteiger partial charge in [0, 0.05) is 6.04 Å². The minimum atomic E-state index is -0.632. The molecule has 1 aliphatic rings. The zero-order valence-electron chi connectivity index (χ0n) is 11.8. The van der Waals surface area contributed by atoms with Crippen molar-refractivity contribution >= 4 is 0 Å². The summed E-state index contributed by atoms with van der Waals surface area (Å²) in [6, 6.07) is 10.2. The van der Waals surface area contributed by atoms with Crippen molar-refractivity contribution in [3.63, 3.8) is 0 Å². The first-order valence-corrected chi connectivity index (χ1v) is 6.75. The van der Waals surface area contributed by atoms with E-state index in [2.05, 4.69) is 24.4 Å². The van der Waals surface area contributed by atoms with Gasteiger partial charge in [0.2, 0.25) is 0 Å². The van der Waals surface area contributed by atoms with Crippen LogP contribution in [0.25, 0.3) is 0 Å². The van der Waals surface area contributed by atoms with E-state index in [-0.39, 0.29) is 18.7 Å². The smallest absolute Gasteiger partial charge is 0.162 e. The van der Waals surface area contributed by atoms with Crippen LogP contribution in [0.5, 0.6) is 0 Å². The molecule has 1 aromatic rings. The maximum atomic E-state index is 10.1. The second-order valence-corrected chi connectivity index (χ2v) is 5.49. The summed E-state index contributed by atoms with van der Waals surface area (Å²) < 4.78 is 11.2. The molecule has 0 aliphatic carbocycles. The molecule has 0 saturated carbocycles. The van der Waals surface area contributed by atoms with Crippen molar-refractivity contribution in [2.45, 2.75) is 44.7 Å². The number of nitrogens with one attached hydrogen (secondary N) is 1. The fraction of sp³-hybridized carbons (Fsp3) is 0.600. The quantitative estimate of drug-likeness (QED) is 0.875. The van der Waals surface area contributed by atoms with Crippen molar-refractivity contribution in [1.29, 1.82) is 0 Å². The van der Waals surface area contributed by atoms with E-state index in [0.29, 0.717) is 6.61 Å². The Bertz CT molecular complexity index is 394. The van der Waals surface area contributed by atoms with Crippen LogP contribution in [0.1, 0.15) is 32.4 Å². The average Bonchev–Trinajstić information content (AvgIpc) is 2.53. The molecule has 1 saturated heterocycles. The maximum absolute atomic E-state index is 10.1. The number of hydrogen-bond donors (Lipinski definition) is 2. The van der Waals surface area contributed by atoms with Gasteiger partial charge in [-0.1, -0.05) is 30.3 Å². The van der Waals surface area contributed by atoms with Gasteiger partial charge in [-0.25, -0.2) is 0 Å². The van der Waals surface area contributed by atoms with E-state index in [1.807, 2.05) is 32.0 Å². The molecule has 3 atom stereocenters. The highest BCUT2D eigenvalue weighted by Crippen LogP contribution is 2.20. The molecule has 0 aromatic heterocycles. The van der Waals surface area contributed by atoms with Gasteiger partial charge >= 0.3 is 0 Å². The predicted octanol–water partition coefficient (Wildman–Crippen LogP) is 1.85. The van der Waals surface area contributed by atoms with Gasteiger partial charge in [-0.05, 0) is 26.3 Å². The molecule has 1 aliphatic heterocycles. The molecule has 0 spiro atoms. The number of rotatable bonds is 3. The Labute approximate surface area is 114 Å². The Morgan fingerprint density at radius 2 is 1.84 bits per heavy atom. The lowest BCUT2D eigenvalue weighted by Crippen LogP contribution is -2.45. The van der Waals surface area contributed by atoms with Crippen LogP contribution in [-0.2, 0) is 9.47 Å². The third-order valence-corrected chi connectivity index (χ3v) is 3.44.